The number of phenols is 1. The molecular formula is C15H24N2O. The maximum atomic E-state index is 9.32. The van der Waals surface area contributed by atoms with Gasteiger partial charge in [-0.05, 0) is 45.4 Å². The molecule has 1 aliphatic heterocycles. The standard InChI is InChI=1S/C15H24N2O/c1-14(2)11-17(15(3,4)10-16-14)9-12-5-7-13(18)8-6-12/h5-8,16,18H,9-11H2,1-4H3. The summed E-state index contributed by atoms with van der Waals surface area (Å²) in [7, 11) is 0. The Kier molecular flexibility index (Phi) is 3.39. The van der Waals surface area contributed by atoms with E-state index >= 15 is 0 Å². The maximum absolute atomic E-state index is 9.32. The van der Waals surface area contributed by atoms with E-state index in [0.717, 1.165) is 19.6 Å². The number of rotatable bonds is 2. The molecule has 0 bridgehead atoms. The summed E-state index contributed by atoms with van der Waals surface area (Å²) in [5.74, 6) is 0.332. The normalized spacial score (nSPS) is 22.9. The van der Waals surface area contributed by atoms with Crippen molar-refractivity contribution in [3.05, 3.63) is 29.8 Å². The second-order valence-corrected chi connectivity index (χ2v) is 6.57. The Morgan fingerprint density at radius 3 is 2.39 bits per heavy atom. The first-order valence-corrected chi connectivity index (χ1v) is 6.57. The molecule has 0 atom stereocenters. The number of piperazine rings is 1. The molecule has 100 valence electrons. The lowest BCUT2D eigenvalue weighted by molar-refractivity contribution is 0.0324. The molecule has 0 radical (unpaired) electrons. The third-order valence-electron chi connectivity index (χ3n) is 3.75. The lowest BCUT2D eigenvalue weighted by Gasteiger charge is -2.49. The number of hydrogen-bond acceptors (Lipinski definition) is 3. The topological polar surface area (TPSA) is 35.5 Å². The van der Waals surface area contributed by atoms with E-state index in [1.54, 1.807) is 12.1 Å². The molecule has 1 aromatic carbocycles. The van der Waals surface area contributed by atoms with Gasteiger partial charge in [-0.2, -0.15) is 0 Å². The van der Waals surface area contributed by atoms with Crippen LogP contribution in [0.4, 0.5) is 0 Å². The van der Waals surface area contributed by atoms with Gasteiger partial charge in [-0.15, -0.1) is 0 Å². The first kappa shape index (κ1) is 13.4. The fraction of sp³-hybridized carbons (Fsp3) is 0.600. The van der Waals surface area contributed by atoms with Crippen molar-refractivity contribution in [3.63, 3.8) is 0 Å². The highest BCUT2D eigenvalue weighted by Gasteiger charge is 2.37. The number of nitrogens with zero attached hydrogens (tertiary/aromatic N) is 1. The molecule has 1 aromatic rings. The highest BCUT2D eigenvalue weighted by molar-refractivity contribution is 5.26. The monoisotopic (exact) mass is 248 g/mol. The Balaban J connectivity index is 2.12. The number of phenolic OH excluding ortho intramolecular Hbond substituents is 1. The summed E-state index contributed by atoms with van der Waals surface area (Å²) in [6.45, 7) is 12.0. The van der Waals surface area contributed by atoms with Gasteiger partial charge in [0.05, 0.1) is 0 Å². The Hall–Kier alpha value is -1.06. The molecule has 1 saturated heterocycles. The van der Waals surface area contributed by atoms with Crippen molar-refractivity contribution < 1.29 is 5.11 Å². The van der Waals surface area contributed by atoms with Crippen LogP contribution >= 0.6 is 0 Å². The molecule has 2 rings (SSSR count). The summed E-state index contributed by atoms with van der Waals surface area (Å²) in [5, 5.41) is 12.9. The zero-order valence-electron chi connectivity index (χ0n) is 11.8. The smallest absolute Gasteiger partial charge is 0.115 e. The Morgan fingerprint density at radius 1 is 1.17 bits per heavy atom. The second-order valence-electron chi connectivity index (χ2n) is 6.57. The van der Waals surface area contributed by atoms with E-state index in [2.05, 4.69) is 37.9 Å². The van der Waals surface area contributed by atoms with Crippen molar-refractivity contribution in [2.75, 3.05) is 13.1 Å². The average molecular weight is 248 g/mol. The van der Waals surface area contributed by atoms with E-state index in [9.17, 15) is 5.11 Å². The van der Waals surface area contributed by atoms with Crippen LogP contribution in [-0.4, -0.2) is 34.2 Å². The molecule has 3 heteroatoms. The SMILES string of the molecule is CC1(C)CN(Cc2ccc(O)cc2)C(C)(C)CN1. The van der Waals surface area contributed by atoms with Crippen LogP contribution in [0.2, 0.25) is 0 Å². The van der Waals surface area contributed by atoms with Crippen LogP contribution in [0, 0.1) is 0 Å². The number of nitrogens with one attached hydrogen (secondary N) is 1. The van der Waals surface area contributed by atoms with Gasteiger partial charge in [-0.3, -0.25) is 4.90 Å². The van der Waals surface area contributed by atoms with Crippen LogP contribution in [0.5, 0.6) is 5.75 Å². The van der Waals surface area contributed by atoms with E-state index in [1.807, 2.05) is 12.1 Å². The lowest BCUT2D eigenvalue weighted by atomic mass is 9.91. The van der Waals surface area contributed by atoms with Crippen molar-refractivity contribution in [1.29, 1.82) is 0 Å². The Morgan fingerprint density at radius 2 is 1.78 bits per heavy atom. The average Bonchev–Trinajstić information content (AvgIpc) is 2.27. The molecule has 1 aliphatic rings. The molecule has 0 amide bonds. The summed E-state index contributed by atoms with van der Waals surface area (Å²) in [5.41, 5.74) is 1.57. The summed E-state index contributed by atoms with van der Waals surface area (Å²) < 4.78 is 0. The van der Waals surface area contributed by atoms with Crippen molar-refractivity contribution >= 4 is 0 Å². The molecule has 0 spiro atoms. The quantitative estimate of drug-likeness (QED) is 0.843. The predicted molar refractivity (Wildman–Crippen MR) is 74.7 cm³/mol. The van der Waals surface area contributed by atoms with E-state index < -0.39 is 0 Å². The zero-order valence-corrected chi connectivity index (χ0v) is 11.8. The van der Waals surface area contributed by atoms with Crippen LogP contribution in [0.15, 0.2) is 24.3 Å². The lowest BCUT2D eigenvalue weighted by Crippen LogP contribution is -2.65. The van der Waals surface area contributed by atoms with Gasteiger partial charge in [0.15, 0.2) is 0 Å². The molecule has 0 aliphatic carbocycles. The largest absolute Gasteiger partial charge is 0.508 e. The van der Waals surface area contributed by atoms with Gasteiger partial charge in [-0.25, -0.2) is 0 Å². The van der Waals surface area contributed by atoms with Gasteiger partial charge in [0.25, 0.3) is 0 Å². The predicted octanol–water partition coefficient (Wildman–Crippen LogP) is 2.35. The van der Waals surface area contributed by atoms with Gasteiger partial charge in [0, 0.05) is 30.7 Å². The Labute approximate surface area is 110 Å². The highest BCUT2D eigenvalue weighted by atomic mass is 16.3. The van der Waals surface area contributed by atoms with Crippen LogP contribution < -0.4 is 5.32 Å². The maximum Gasteiger partial charge on any atom is 0.115 e. The molecule has 1 fully saturated rings. The minimum absolute atomic E-state index is 0.159. The van der Waals surface area contributed by atoms with Crippen molar-refractivity contribution in [2.24, 2.45) is 0 Å². The summed E-state index contributed by atoms with van der Waals surface area (Å²) in [4.78, 5) is 2.51. The van der Waals surface area contributed by atoms with Crippen LogP contribution in [-0.2, 0) is 6.54 Å². The van der Waals surface area contributed by atoms with Gasteiger partial charge in [-0.1, -0.05) is 12.1 Å². The van der Waals surface area contributed by atoms with Gasteiger partial charge < -0.3 is 10.4 Å². The highest BCUT2D eigenvalue weighted by Crippen LogP contribution is 2.25. The van der Waals surface area contributed by atoms with Crippen molar-refractivity contribution in [2.45, 2.75) is 45.3 Å². The number of aromatic hydroxyl groups is 1. The molecule has 0 unspecified atom stereocenters. The van der Waals surface area contributed by atoms with E-state index in [1.165, 1.54) is 5.56 Å². The van der Waals surface area contributed by atoms with Gasteiger partial charge >= 0.3 is 0 Å². The number of benzene rings is 1. The first-order chi connectivity index (χ1) is 8.28. The molecule has 2 N–H and O–H groups in total. The summed E-state index contributed by atoms with van der Waals surface area (Å²) >= 11 is 0. The molecule has 0 aromatic heterocycles. The minimum Gasteiger partial charge on any atom is -0.508 e. The fourth-order valence-corrected chi connectivity index (χ4v) is 2.41. The third-order valence-corrected chi connectivity index (χ3v) is 3.75. The second kappa shape index (κ2) is 4.56. The zero-order chi connectivity index (χ0) is 13.4. The van der Waals surface area contributed by atoms with Crippen molar-refractivity contribution in [3.8, 4) is 5.75 Å². The van der Waals surface area contributed by atoms with Gasteiger partial charge in [0.2, 0.25) is 0 Å². The number of hydrogen-bond donors (Lipinski definition) is 2. The molecule has 18 heavy (non-hydrogen) atoms. The minimum atomic E-state index is 0.159. The van der Waals surface area contributed by atoms with Gasteiger partial charge in [0.1, 0.15) is 5.75 Å². The Bertz CT molecular complexity index is 409. The summed E-state index contributed by atoms with van der Waals surface area (Å²) in [6, 6.07) is 7.52. The van der Waals surface area contributed by atoms with E-state index in [-0.39, 0.29) is 11.1 Å². The molecule has 3 nitrogen and oxygen atoms in total. The van der Waals surface area contributed by atoms with E-state index in [4.69, 9.17) is 0 Å². The molecular weight excluding hydrogens is 224 g/mol. The fourth-order valence-electron chi connectivity index (χ4n) is 2.41. The molecule has 1 heterocycles. The van der Waals surface area contributed by atoms with Crippen LogP contribution in [0.1, 0.15) is 33.3 Å². The van der Waals surface area contributed by atoms with Crippen molar-refractivity contribution in [1.82, 2.24) is 10.2 Å². The third kappa shape index (κ3) is 3.03. The van der Waals surface area contributed by atoms with E-state index in [0.29, 0.717) is 5.75 Å². The van der Waals surface area contributed by atoms with Crippen LogP contribution in [0.25, 0.3) is 0 Å². The molecule has 0 saturated carbocycles. The van der Waals surface area contributed by atoms with Crippen LogP contribution in [0.3, 0.4) is 0 Å². The first-order valence-electron chi connectivity index (χ1n) is 6.57. The summed E-state index contributed by atoms with van der Waals surface area (Å²) in [6.07, 6.45) is 0.